The lowest BCUT2D eigenvalue weighted by Gasteiger charge is -2.37. The summed E-state index contributed by atoms with van der Waals surface area (Å²) in [6, 6.07) is 3.61. The fourth-order valence-corrected chi connectivity index (χ4v) is 4.36. The summed E-state index contributed by atoms with van der Waals surface area (Å²) in [7, 11) is -0.552. The van der Waals surface area contributed by atoms with Crippen LogP contribution in [0.2, 0.25) is 18.1 Å². The molecule has 33 heavy (non-hydrogen) atoms. The van der Waals surface area contributed by atoms with Gasteiger partial charge in [0.25, 0.3) is 8.32 Å². The Morgan fingerprint density at radius 2 is 1.52 bits per heavy atom. The quantitative estimate of drug-likeness (QED) is 0.331. The van der Waals surface area contributed by atoms with Crippen molar-refractivity contribution in [2.24, 2.45) is 0 Å². The Kier molecular flexibility index (Phi) is 9.18. The summed E-state index contributed by atoms with van der Waals surface area (Å²) in [5.74, 6) is 1.65. The lowest BCUT2D eigenvalue weighted by atomic mass is 10.0. The van der Waals surface area contributed by atoms with Crippen LogP contribution in [0.1, 0.15) is 77.6 Å². The number of hydrogen-bond acceptors (Lipinski definition) is 4. The molecule has 1 aromatic carbocycles. The normalized spacial score (nSPS) is 21.6. The van der Waals surface area contributed by atoms with Gasteiger partial charge in [-0.25, -0.2) is 0 Å². The molecule has 0 unspecified atom stereocenters. The van der Waals surface area contributed by atoms with Crippen molar-refractivity contribution in [1.29, 1.82) is 0 Å². The molecule has 0 saturated carbocycles. The summed E-state index contributed by atoms with van der Waals surface area (Å²) in [5.41, 5.74) is 4.11. The van der Waals surface area contributed by atoms with E-state index in [-0.39, 0.29) is 10.8 Å². The summed E-state index contributed by atoms with van der Waals surface area (Å²) in [5, 5.41) is 0.00133. The molecule has 1 aliphatic rings. The van der Waals surface area contributed by atoms with Crippen LogP contribution < -0.4 is 13.9 Å². The van der Waals surface area contributed by atoms with Crippen molar-refractivity contribution in [3.63, 3.8) is 0 Å². The molecule has 0 aromatic heterocycles. The van der Waals surface area contributed by atoms with Crippen molar-refractivity contribution < 1.29 is 18.7 Å². The lowest BCUT2D eigenvalue weighted by Crippen LogP contribution is -2.44. The number of carbonyl (C=O) groups is 1. The first-order valence-corrected chi connectivity index (χ1v) is 14.8. The maximum absolute atomic E-state index is 13.4. The zero-order valence-corrected chi connectivity index (χ0v) is 23.1. The Morgan fingerprint density at radius 3 is 2.12 bits per heavy atom. The van der Waals surface area contributed by atoms with Crippen LogP contribution in [0.4, 0.5) is 0 Å². The Balaban J connectivity index is 2.57. The van der Waals surface area contributed by atoms with Crippen LogP contribution in [0, 0.1) is 0 Å². The molecule has 0 amide bonds. The summed E-state index contributed by atoms with van der Waals surface area (Å²) in [4.78, 5) is 13.4. The average molecular weight is 471 g/mol. The molecule has 0 spiro atoms. The van der Waals surface area contributed by atoms with Gasteiger partial charge in [0.15, 0.2) is 17.3 Å². The Hall–Kier alpha value is -2.27. The zero-order valence-electron chi connectivity index (χ0n) is 22.1. The van der Waals surface area contributed by atoms with E-state index in [0.29, 0.717) is 29.4 Å². The monoisotopic (exact) mass is 470 g/mol. The Bertz CT molecular complexity index is 945. The first kappa shape index (κ1) is 27.0. The van der Waals surface area contributed by atoms with Crippen molar-refractivity contribution in [2.75, 3.05) is 13.7 Å². The minimum absolute atomic E-state index is 0.00133. The van der Waals surface area contributed by atoms with Crippen molar-refractivity contribution in [3.8, 4) is 17.2 Å². The van der Waals surface area contributed by atoms with Crippen LogP contribution in [-0.2, 0) is 0 Å². The van der Waals surface area contributed by atoms with Gasteiger partial charge in [-0.1, -0.05) is 44.1 Å². The molecular weight excluding hydrogens is 428 g/mol. The molecular formula is C28H42O4Si. The Labute approximate surface area is 201 Å². The van der Waals surface area contributed by atoms with E-state index >= 15 is 0 Å². The maximum Gasteiger partial charge on any atom is 0.250 e. The number of ketones is 1. The number of allylic oxidation sites excluding steroid dienone is 5. The molecule has 1 aromatic rings. The summed E-state index contributed by atoms with van der Waals surface area (Å²) < 4.78 is 18.3. The summed E-state index contributed by atoms with van der Waals surface area (Å²) in [6.07, 6.45) is 10.1. The van der Waals surface area contributed by atoms with Crippen LogP contribution in [0.5, 0.6) is 17.2 Å². The number of carbonyl (C=O) groups excluding carboxylic acids is 1. The fourth-order valence-electron chi connectivity index (χ4n) is 3.34. The average Bonchev–Trinajstić information content (AvgIpc) is 2.70. The van der Waals surface area contributed by atoms with Gasteiger partial charge in [0.1, 0.15) is 12.4 Å². The predicted molar refractivity (Wildman–Crippen MR) is 140 cm³/mol. The van der Waals surface area contributed by atoms with Crippen LogP contribution in [0.3, 0.4) is 0 Å². The molecule has 2 rings (SSSR count). The summed E-state index contributed by atoms with van der Waals surface area (Å²) >= 11 is 0. The highest BCUT2D eigenvalue weighted by atomic mass is 28.4. The van der Waals surface area contributed by atoms with Gasteiger partial charge in [-0.05, 0) is 82.3 Å². The smallest absolute Gasteiger partial charge is 0.250 e. The van der Waals surface area contributed by atoms with E-state index in [1.54, 1.807) is 19.3 Å². The van der Waals surface area contributed by atoms with Crippen molar-refractivity contribution in [2.45, 2.75) is 85.4 Å². The third-order valence-electron chi connectivity index (χ3n) is 6.60. The van der Waals surface area contributed by atoms with Crippen molar-refractivity contribution >= 4 is 14.1 Å². The zero-order chi connectivity index (χ0) is 24.8. The van der Waals surface area contributed by atoms with Gasteiger partial charge in [0, 0.05) is 6.07 Å². The van der Waals surface area contributed by atoms with E-state index in [0.717, 1.165) is 36.8 Å². The van der Waals surface area contributed by atoms with E-state index in [1.165, 1.54) is 5.57 Å². The number of fused-ring (bicyclic) bond motifs is 2. The van der Waals surface area contributed by atoms with Crippen LogP contribution in [0.15, 0.2) is 47.1 Å². The van der Waals surface area contributed by atoms with Gasteiger partial charge in [0.05, 0.1) is 12.7 Å². The first-order chi connectivity index (χ1) is 15.3. The number of ether oxygens (including phenoxy) is 2. The molecule has 0 N–H and O–H groups in total. The molecule has 182 valence electrons. The van der Waals surface area contributed by atoms with E-state index in [9.17, 15) is 4.79 Å². The number of benzene rings is 1. The minimum atomic E-state index is -2.17. The maximum atomic E-state index is 13.4. The molecule has 0 radical (unpaired) electrons. The van der Waals surface area contributed by atoms with E-state index in [1.807, 2.05) is 13.0 Å². The van der Waals surface area contributed by atoms with Gasteiger partial charge < -0.3 is 13.9 Å². The minimum Gasteiger partial charge on any atom is -0.543 e. The molecule has 1 heterocycles. The second-order valence-corrected chi connectivity index (χ2v) is 15.4. The first-order valence-electron chi connectivity index (χ1n) is 11.9. The van der Waals surface area contributed by atoms with E-state index < -0.39 is 8.32 Å². The third-order valence-corrected chi connectivity index (χ3v) is 10.9. The topological polar surface area (TPSA) is 44.8 Å². The number of hydrogen-bond donors (Lipinski definition) is 0. The second-order valence-electron chi connectivity index (χ2n) is 10.7. The highest BCUT2D eigenvalue weighted by Crippen LogP contribution is 2.42. The molecule has 0 saturated heterocycles. The molecule has 1 aliphatic heterocycles. The Morgan fingerprint density at radius 1 is 0.909 bits per heavy atom. The van der Waals surface area contributed by atoms with Crippen molar-refractivity contribution in [3.05, 3.63) is 52.6 Å². The second kappa shape index (κ2) is 11.2. The van der Waals surface area contributed by atoms with Gasteiger partial charge in [0.2, 0.25) is 0 Å². The van der Waals surface area contributed by atoms with Gasteiger partial charge >= 0.3 is 0 Å². The highest BCUT2D eigenvalue weighted by molar-refractivity contribution is 6.74. The summed E-state index contributed by atoms with van der Waals surface area (Å²) in [6.45, 7) is 17.6. The predicted octanol–water partition coefficient (Wildman–Crippen LogP) is 8.05. The van der Waals surface area contributed by atoms with Crippen LogP contribution in [0.25, 0.3) is 0 Å². The molecule has 2 bridgehead atoms. The standard InChI is InChI=1S/C28H42O4Si/c1-20-12-10-14-21(2)16-24(29)23-17-27(31-19-22(3)15-11-13-20)26(30-7)18-25(23)32-33(8,9)28(4,5)6/h12,15-18H,10-11,13-14,19H2,1-9H3/b20-12+,21-16+,22-15+. The molecule has 4 nitrogen and oxygen atoms in total. The number of rotatable bonds is 3. The number of methoxy groups -OCH3 is 1. The molecule has 0 fully saturated rings. The van der Waals surface area contributed by atoms with Crippen LogP contribution >= 0.6 is 0 Å². The fraction of sp³-hybridized carbons (Fsp3) is 0.536. The SMILES string of the molecule is COc1cc(O[Si](C)(C)C(C)(C)C)c2cc1OC/C(C)=C/CC/C(C)=C/CC/C(C)=C/C2=O. The van der Waals surface area contributed by atoms with E-state index in [2.05, 4.69) is 59.9 Å². The highest BCUT2D eigenvalue weighted by Gasteiger charge is 2.40. The molecule has 0 aliphatic carbocycles. The van der Waals surface area contributed by atoms with Gasteiger partial charge in [-0.15, -0.1) is 0 Å². The van der Waals surface area contributed by atoms with Gasteiger partial charge in [-0.2, -0.15) is 0 Å². The molecule has 5 heteroatoms. The third kappa shape index (κ3) is 7.63. The van der Waals surface area contributed by atoms with Crippen LogP contribution in [-0.4, -0.2) is 27.8 Å². The van der Waals surface area contributed by atoms with Gasteiger partial charge in [-0.3, -0.25) is 4.79 Å². The molecule has 0 atom stereocenters. The largest absolute Gasteiger partial charge is 0.543 e. The lowest BCUT2D eigenvalue weighted by molar-refractivity contribution is 0.104. The van der Waals surface area contributed by atoms with E-state index in [4.69, 9.17) is 13.9 Å². The van der Waals surface area contributed by atoms with Crippen molar-refractivity contribution in [1.82, 2.24) is 0 Å².